The van der Waals surface area contributed by atoms with Crippen LogP contribution in [0.3, 0.4) is 0 Å². The molecule has 0 N–H and O–H groups in total. The monoisotopic (exact) mass is 226 g/mol. The summed E-state index contributed by atoms with van der Waals surface area (Å²) in [6.45, 7) is 3.92. The molecule has 0 aliphatic rings. The van der Waals surface area contributed by atoms with Crippen molar-refractivity contribution in [2.75, 3.05) is 0 Å². The number of aryl methyl sites for hydroxylation is 1. The van der Waals surface area contributed by atoms with Gasteiger partial charge in [0, 0.05) is 11.4 Å². The number of ether oxygens (including phenoxy) is 1. The Hall–Kier alpha value is -1.02. The molecule has 0 spiro atoms. The van der Waals surface area contributed by atoms with Gasteiger partial charge in [0.05, 0.1) is 0 Å². The molecular formula is C12H15ClO2. The number of carbonyl (C=O) groups is 1. The zero-order chi connectivity index (χ0) is 11.3. The van der Waals surface area contributed by atoms with Gasteiger partial charge in [-0.3, -0.25) is 4.79 Å². The molecule has 0 aromatic heterocycles. The van der Waals surface area contributed by atoms with Gasteiger partial charge in [-0.05, 0) is 37.1 Å². The van der Waals surface area contributed by atoms with E-state index in [2.05, 4.69) is 0 Å². The molecule has 0 saturated heterocycles. The third kappa shape index (κ3) is 3.92. The number of unbranched alkanes of at least 4 members (excludes halogenated alkanes) is 1. The molecule has 0 atom stereocenters. The predicted molar refractivity (Wildman–Crippen MR) is 61.3 cm³/mol. The minimum atomic E-state index is -0.182. The summed E-state index contributed by atoms with van der Waals surface area (Å²) in [5, 5.41) is 0.684. The SMILES string of the molecule is CCCCC(=O)Oc1ccc(Cl)c(C)c1. The Labute approximate surface area is 95.2 Å². The van der Waals surface area contributed by atoms with Gasteiger partial charge < -0.3 is 4.74 Å². The summed E-state index contributed by atoms with van der Waals surface area (Å²) in [4.78, 5) is 11.3. The molecule has 0 heterocycles. The van der Waals surface area contributed by atoms with Crippen molar-refractivity contribution < 1.29 is 9.53 Å². The third-order valence-corrected chi connectivity index (χ3v) is 2.52. The van der Waals surface area contributed by atoms with Gasteiger partial charge in [0.1, 0.15) is 5.75 Å². The highest BCUT2D eigenvalue weighted by Crippen LogP contribution is 2.21. The molecule has 0 amide bonds. The molecule has 82 valence electrons. The Morgan fingerprint density at radius 1 is 1.47 bits per heavy atom. The number of hydrogen-bond acceptors (Lipinski definition) is 2. The minimum absolute atomic E-state index is 0.182. The molecule has 0 radical (unpaired) electrons. The maximum Gasteiger partial charge on any atom is 0.311 e. The van der Waals surface area contributed by atoms with Crippen molar-refractivity contribution in [1.82, 2.24) is 0 Å². The average molecular weight is 227 g/mol. The molecule has 0 saturated carbocycles. The Balaban J connectivity index is 2.57. The van der Waals surface area contributed by atoms with Crippen molar-refractivity contribution in [3.63, 3.8) is 0 Å². The molecular weight excluding hydrogens is 212 g/mol. The summed E-state index contributed by atoms with van der Waals surface area (Å²) >= 11 is 5.86. The molecule has 1 aromatic carbocycles. The fourth-order valence-electron chi connectivity index (χ4n) is 1.18. The summed E-state index contributed by atoms with van der Waals surface area (Å²) in [5.74, 6) is 0.386. The normalized spacial score (nSPS) is 10.1. The van der Waals surface area contributed by atoms with Gasteiger partial charge >= 0.3 is 5.97 Å². The van der Waals surface area contributed by atoms with Crippen LogP contribution in [0.1, 0.15) is 31.7 Å². The topological polar surface area (TPSA) is 26.3 Å². The van der Waals surface area contributed by atoms with E-state index in [1.165, 1.54) is 0 Å². The largest absolute Gasteiger partial charge is 0.427 e. The summed E-state index contributed by atoms with van der Waals surface area (Å²) in [5.41, 5.74) is 0.914. The molecule has 1 rings (SSSR count). The van der Waals surface area contributed by atoms with Crippen molar-refractivity contribution in [2.24, 2.45) is 0 Å². The number of benzene rings is 1. The molecule has 0 fully saturated rings. The Bertz CT molecular complexity index is 347. The number of carbonyl (C=O) groups excluding carboxylic acids is 1. The van der Waals surface area contributed by atoms with Crippen LogP contribution >= 0.6 is 11.6 Å². The van der Waals surface area contributed by atoms with E-state index in [0.29, 0.717) is 17.2 Å². The number of esters is 1. The molecule has 0 bridgehead atoms. The first-order chi connectivity index (χ1) is 7.13. The lowest BCUT2D eigenvalue weighted by Gasteiger charge is -2.05. The molecule has 15 heavy (non-hydrogen) atoms. The molecule has 0 aliphatic heterocycles. The van der Waals surface area contributed by atoms with Gasteiger partial charge in [0.25, 0.3) is 0 Å². The summed E-state index contributed by atoms with van der Waals surface area (Å²) in [6, 6.07) is 5.21. The predicted octanol–water partition coefficient (Wildman–Crippen LogP) is 3.74. The second-order valence-electron chi connectivity index (χ2n) is 3.49. The zero-order valence-corrected chi connectivity index (χ0v) is 9.80. The minimum Gasteiger partial charge on any atom is -0.427 e. The van der Waals surface area contributed by atoms with E-state index < -0.39 is 0 Å². The smallest absolute Gasteiger partial charge is 0.311 e. The van der Waals surface area contributed by atoms with Crippen LogP contribution in [0.4, 0.5) is 0 Å². The van der Waals surface area contributed by atoms with E-state index in [9.17, 15) is 4.79 Å². The fourth-order valence-corrected chi connectivity index (χ4v) is 1.30. The van der Waals surface area contributed by atoms with E-state index in [1.54, 1.807) is 18.2 Å². The fraction of sp³-hybridized carbons (Fsp3) is 0.417. The first-order valence-electron chi connectivity index (χ1n) is 5.10. The van der Waals surface area contributed by atoms with Crippen LogP contribution in [0.2, 0.25) is 5.02 Å². The van der Waals surface area contributed by atoms with Crippen molar-refractivity contribution in [3.8, 4) is 5.75 Å². The van der Waals surface area contributed by atoms with Gasteiger partial charge in [0.2, 0.25) is 0 Å². The summed E-state index contributed by atoms with van der Waals surface area (Å²) in [7, 11) is 0. The van der Waals surface area contributed by atoms with E-state index >= 15 is 0 Å². The van der Waals surface area contributed by atoms with Crippen molar-refractivity contribution >= 4 is 17.6 Å². The summed E-state index contributed by atoms with van der Waals surface area (Å²) < 4.78 is 5.15. The lowest BCUT2D eigenvalue weighted by Crippen LogP contribution is -2.07. The molecule has 1 aromatic rings. The van der Waals surface area contributed by atoms with Crippen molar-refractivity contribution in [3.05, 3.63) is 28.8 Å². The van der Waals surface area contributed by atoms with Crippen LogP contribution in [0.25, 0.3) is 0 Å². The Kier molecular flexibility index (Phi) is 4.63. The van der Waals surface area contributed by atoms with E-state index in [-0.39, 0.29) is 5.97 Å². The van der Waals surface area contributed by atoms with Gasteiger partial charge in [-0.15, -0.1) is 0 Å². The van der Waals surface area contributed by atoms with Crippen LogP contribution in [0.15, 0.2) is 18.2 Å². The van der Waals surface area contributed by atoms with E-state index in [1.807, 2.05) is 13.8 Å². The second-order valence-corrected chi connectivity index (χ2v) is 3.90. The van der Waals surface area contributed by atoms with Crippen LogP contribution < -0.4 is 4.74 Å². The van der Waals surface area contributed by atoms with Gasteiger partial charge in [-0.2, -0.15) is 0 Å². The Morgan fingerprint density at radius 2 is 2.20 bits per heavy atom. The lowest BCUT2D eigenvalue weighted by molar-refractivity contribution is -0.134. The molecule has 3 heteroatoms. The molecule has 0 unspecified atom stereocenters. The third-order valence-electron chi connectivity index (χ3n) is 2.10. The highest BCUT2D eigenvalue weighted by atomic mass is 35.5. The van der Waals surface area contributed by atoms with Crippen molar-refractivity contribution in [2.45, 2.75) is 33.1 Å². The first kappa shape index (κ1) is 12.1. The number of halogens is 1. The standard InChI is InChI=1S/C12H15ClO2/c1-3-4-5-12(14)15-10-6-7-11(13)9(2)8-10/h6-8H,3-5H2,1-2H3. The van der Waals surface area contributed by atoms with Crippen LogP contribution in [0, 0.1) is 6.92 Å². The van der Waals surface area contributed by atoms with Crippen molar-refractivity contribution in [1.29, 1.82) is 0 Å². The van der Waals surface area contributed by atoms with Crippen LogP contribution in [0.5, 0.6) is 5.75 Å². The van der Waals surface area contributed by atoms with Gasteiger partial charge in [-0.1, -0.05) is 24.9 Å². The highest BCUT2D eigenvalue weighted by molar-refractivity contribution is 6.31. The zero-order valence-electron chi connectivity index (χ0n) is 9.05. The molecule has 0 aliphatic carbocycles. The second kappa shape index (κ2) is 5.76. The average Bonchev–Trinajstić information content (AvgIpc) is 2.20. The maximum atomic E-state index is 11.3. The van der Waals surface area contributed by atoms with Gasteiger partial charge in [-0.25, -0.2) is 0 Å². The molecule has 2 nitrogen and oxygen atoms in total. The number of hydrogen-bond donors (Lipinski definition) is 0. The van der Waals surface area contributed by atoms with E-state index in [4.69, 9.17) is 16.3 Å². The number of rotatable bonds is 4. The first-order valence-corrected chi connectivity index (χ1v) is 5.48. The summed E-state index contributed by atoms with van der Waals surface area (Å²) in [6.07, 6.45) is 2.33. The highest BCUT2D eigenvalue weighted by Gasteiger charge is 2.05. The maximum absolute atomic E-state index is 11.3. The quantitative estimate of drug-likeness (QED) is 0.578. The lowest BCUT2D eigenvalue weighted by atomic mass is 10.2. The van der Waals surface area contributed by atoms with Crippen LogP contribution in [-0.2, 0) is 4.79 Å². The van der Waals surface area contributed by atoms with E-state index in [0.717, 1.165) is 18.4 Å². The van der Waals surface area contributed by atoms with Gasteiger partial charge in [0.15, 0.2) is 0 Å². The van der Waals surface area contributed by atoms with Crippen LogP contribution in [-0.4, -0.2) is 5.97 Å². The Morgan fingerprint density at radius 3 is 2.80 bits per heavy atom.